The maximum absolute atomic E-state index is 8.93. The molecule has 4 nitrogen and oxygen atoms in total. The smallest absolute Gasteiger partial charge is 0.119 e. The Morgan fingerprint density at radius 2 is 1.74 bits per heavy atom. The molecule has 0 radical (unpaired) electrons. The fourth-order valence-electron chi connectivity index (χ4n) is 2.38. The largest absolute Gasteiger partial charge is 0.491 e. The first-order valence-electron chi connectivity index (χ1n) is 7.04. The van der Waals surface area contributed by atoms with Crippen molar-refractivity contribution < 1.29 is 9.84 Å². The minimum absolute atomic E-state index is 0.216. The third kappa shape index (κ3) is 4.11. The standard InChI is InChI=1S/C15H24N2O2/c1-13(2)19-15-5-3-14(4-6-15)17-9-7-16(8-10-17)11-12-18/h3-6,13,18H,7-12H2,1-2H3. The van der Waals surface area contributed by atoms with Gasteiger partial charge < -0.3 is 14.7 Å². The van der Waals surface area contributed by atoms with Crippen molar-refractivity contribution in [2.75, 3.05) is 44.2 Å². The third-order valence-corrected chi connectivity index (χ3v) is 3.36. The van der Waals surface area contributed by atoms with E-state index in [4.69, 9.17) is 9.84 Å². The van der Waals surface area contributed by atoms with E-state index < -0.39 is 0 Å². The molecular weight excluding hydrogens is 240 g/mol. The lowest BCUT2D eigenvalue weighted by Crippen LogP contribution is -2.47. The minimum atomic E-state index is 0.216. The zero-order valence-electron chi connectivity index (χ0n) is 11.9. The summed E-state index contributed by atoms with van der Waals surface area (Å²) < 4.78 is 5.65. The lowest BCUT2D eigenvalue weighted by atomic mass is 10.2. The molecule has 0 amide bonds. The van der Waals surface area contributed by atoms with Gasteiger partial charge in [-0.3, -0.25) is 4.90 Å². The zero-order valence-corrected chi connectivity index (χ0v) is 11.9. The molecule has 0 spiro atoms. The van der Waals surface area contributed by atoms with Crippen LogP contribution in [-0.2, 0) is 0 Å². The van der Waals surface area contributed by atoms with Crippen LogP contribution >= 0.6 is 0 Å². The highest BCUT2D eigenvalue weighted by Gasteiger charge is 2.16. The Kier molecular flexibility index (Phi) is 5.05. The first kappa shape index (κ1) is 14.2. The molecule has 0 unspecified atom stereocenters. The van der Waals surface area contributed by atoms with Crippen molar-refractivity contribution in [1.82, 2.24) is 4.90 Å². The van der Waals surface area contributed by atoms with E-state index in [1.165, 1.54) is 5.69 Å². The Morgan fingerprint density at radius 3 is 2.26 bits per heavy atom. The van der Waals surface area contributed by atoms with Crippen molar-refractivity contribution >= 4 is 5.69 Å². The Labute approximate surface area is 115 Å². The van der Waals surface area contributed by atoms with Crippen LogP contribution in [0.5, 0.6) is 5.75 Å². The van der Waals surface area contributed by atoms with Crippen LogP contribution in [0.15, 0.2) is 24.3 Å². The van der Waals surface area contributed by atoms with Crippen LogP contribution in [-0.4, -0.2) is 55.4 Å². The predicted molar refractivity (Wildman–Crippen MR) is 77.9 cm³/mol. The van der Waals surface area contributed by atoms with E-state index in [-0.39, 0.29) is 12.7 Å². The Balaban J connectivity index is 1.89. The topological polar surface area (TPSA) is 35.9 Å². The summed E-state index contributed by atoms with van der Waals surface area (Å²) in [5, 5.41) is 8.93. The average Bonchev–Trinajstić information content (AvgIpc) is 2.40. The summed E-state index contributed by atoms with van der Waals surface area (Å²) in [5.74, 6) is 0.928. The van der Waals surface area contributed by atoms with Crippen LogP contribution < -0.4 is 9.64 Å². The molecule has 19 heavy (non-hydrogen) atoms. The van der Waals surface area contributed by atoms with Gasteiger partial charge in [0.25, 0.3) is 0 Å². The molecule has 1 fully saturated rings. The molecule has 1 aliphatic rings. The van der Waals surface area contributed by atoms with Gasteiger partial charge in [0, 0.05) is 38.4 Å². The number of β-amino-alcohol motifs (C(OH)–C–C–N with tert-alkyl or cyclic N) is 1. The van der Waals surface area contributed by atoms with Crippen LogP contribution in [0.4, 0.5) is 5.69 Å². The quantitative estimate of drug-likeness (QED) is 0.876. The second-order valence-corrected chi connectivity index (χ2v) is 5.21. The van der Waals surface area contributed by atoms with E-state index in [1.54, 1.807) is 0 Å². The summed E-state index contributed by atoms with van der Waals surface area (Å²) in [6, 6.07) is 8.32. The van der Waals surface area contributed by atoms with Crippen molar-refractivity contribution in [2.24, 2.45) is 0 Å². The highest BCUT2D eigenvalue weighted by Crippen LogP contribution is 2.21. The summed E-state index contributed by atoms with van der Waals surface area (Å²) in [6.45, 7) is 9.18. The Bertz CT molecular complexity index is 370. The number of benzene rings is 1. The van der Waals surface area contributed by atoms with Gasteiger partial charge in [0.05, 0.1) is 12.7 Å². The molecule has 1 heterocycles. The summed E-state index contributed by atoms with van der Waals surface area (Å²) in [6.07, 6.45) is 0.216. The number of hydrogen-bond donors (Lipinski definition) is 1. The van der Waals surface area contributed by atoms with Crippen LogP contribution in [0.1, 0.15) is 13.8 Å². The number of hydrogen-bond acceptors (Lipinski definition) is 4. The van der Waals surface area contributed by atoms with E-state index in [1.807, 2.05) is 26.0 Å². The van der Waals surface area contributed by atoms with E-state index in [0.29, 0.717) is 0 Å². The summed E-state index contributed by atoms with van der Waals surface area (Å²) in [7, 11) is 0. The number of aliphatic hydroxyl groups is 1. The fourth-order valence-corrected chi connectivity index (χ4v) is 2.38. The van der Waals surface area contributed by atoms with Gasteiger partial charge in [-0.05, 0) is 38.1 Å². The predicted octanol–water partition coefficient (Wildman–Crippen LogP) is 1.59. The van der Waals surface area contributed by atoms with Gasteiger partial charge in [0.2, 0.25) is 0 Å². The van der Waals surface area contributed by atoms with Gasteiger partial charge in [-0.2, -0.15) is 0 Å². The molecule has 2 rings (SSSR count). The van der Waals surface area contributed by atoms with Gasteiger partial charge >= 0.3 is 0 Å². The van der Waals surface area contributed by atoms with E-state index >= 15 is 0 Å². The van der Waals surface area contributed by atoms with Crippen molar-refractivity contribution in [2.45, 2.75) is 20.0 Å². The number of rotatable bonds is 5. The first-order valence-corrected chi connectivity index (χ1v) is 7.04. The van der Waals surface area contributed by atoms with Crippen LogP contribution in [0, 0.1) is 0 Å². The van der Waals surface area contributed by atoms with E-state index in [9.17, 15) is 0 Å². The van der Waals surface area contributed by atoms with Gasteiger partial charge in [-0.15, -0.1) is 0 Å². The van der Waals surface area contributed by atoms with Crippen molar-refractivity contribution in [1.29, 1.82) is 0 Å². The number of nitrogens with zero attached hydrogens (tertiary/aromatic N) is 2. The monoisotopic (exact) mass is 264 g/mol. The van der Waals surface area contributed by atoms with Gasteiger partial charge in [0.15, 0.2) is 0 Å². The molecule has 1 aromatic carbocycles. The van der Waals surface area contributed by atoms with Crippen LogP contribution in [0.2, 0.25) is 0 Å². The highest BCUT2D eigenvalue weighted by atomic mass is 16.5. The maximum Gasteiger partial charge on any atom is 0.119 e. The molecule has 0 saturated carbocycles. The molecule has 1 N–H and O–H groups in total. The molecule has 106 valence electrons. The normalized spacial score (nSPS) is 16.9. The molecule has 1 aromatic rings. The van der Waals surface area contributed by atoms with Crippen molar-refractivity contribution in [3.63, 3.8) is 0 Å². The second kappa shape index (κ2) is 6.78. The van der Waals surface area contributed by atoms with E-state index in [2.05, 4.69) is 21.9 Å². The molecule has 1 aliphatic heterocycles. The Morgan fingerprint density at radius 1 is 1.11 bits per heavy atom. The first-order chi connectivity index (χ1) is 9.19. The summed E-state index contributed by atoms with van der Waals surface area (Å²) in [4.78, 5) is 4.68. The lowest BCUT2D eigenvalue weighted by molar-refractivity contribution is 0.189. The molecule has 0 aromatic heterocycles. The Hall–Kier alpha value is -1.26. The van der Waals surface area contributed by atoms with Crippen LogP contribution in [0.3, 0.4) is 0 Å². The number of aliphatic hydroxyl groups excluding tert-OH is 1. The second-order valence-electron chi connectivity index (χ2n) is 5.21. The van der Waals surface area contributed by atoms with Gasteiger partial charge in [0.1, 0.15) is 5.75 Å². The SMILES string of the molecule is CC(C)Oc1ccc(N2CCN(CCO)CC2)cc1. The van der Waals surface area contributed by atoms with Gasteiger partial charge in [-0.1, -0.05) is 0 Å². The summed E-state index contributed by atoms with van der Waals surface area (Å²) in [5.41, 5.74) is 1.25. The van der Waals surface area contributed by atoms with Gasteiger partial charge in [-0.25, -0.2) is 0 Å². The molecule has 0 bridgehead atoms. The zero-order chi connectivity index (χ0) is 13.7. The maximum atomic E-state index is 8.93. The molecule has 0 aliphatic carbocycles. The lowest BCUT2D eigenvalue weighted by Gasteiger charge is -2.35. The number of ether oxygens (including phenoxy) is 1. The molecule has 1 saturated heterocycles. The minimum Gasteiger partial charge on any atom is -0.491 e. The number of piperazine rings is 1. The fraction of sp³-hybridized carbons (Fsp3) is 0.600. The van der Waals surface area contributed by atoms with Crippen molar-refractivity contribution in [3.05, 3.63) is 24.3 Å². The van der Waals surface area contributed by atoms with Crippen LogP contribution in [0.25, 0.3) is 0 Å². The molecular formula is C15H24N2O2. The highest BCUT2D eigenvalue weighted by molar-refractivity contribution is 5.49. The molecule has 4 heteroatoms. The van der Waals surface area contributed by atoms with Crippen molar-refractivity contribution in [3.8, 4) is 5.75 Å². The molecule has 0 atom stereocenters. The third-order valence-electron chi connectivity index (χ3n) is 3.36. The number of anilines is 1. The average molecular weight is 264 g/mol. The summed E-state index contributed by atoms with van der Waals surface area (Å²) >= 11 is 0. The van der Waals surface area contributed by atoms with E-state index in [0.717, 1.165) is 38.5 Å².